The van der Waals surface area contributed by atoms with Crippen LogP contribution in [0.25, 0.3) is 6.08 Å². The average molecular weight is 310 g/mol. The molecule has 0 aromatic carbocycles. The molecule has 0 atom stereocenters. The Morgan fingerprint density at radius 2 is 1.86 bits per heavy atom. The number of furan rings is 1. The van der Waals surface area contributed by atoms with Gasteiger partial charge < -0.3 is 18.8 Å². The molecule has 0 spiro atoms. The van der Waals surface area contributed by atoms with Gasteiger partial charge in [0.1, 0.15) is 5.76 Å². The molecule has 1 aromatic rings. The van der Waals surface area contributed by atoms with Crippen molar-refractivity contribution in [2.75, 3.05) is 5.75 Å². The van der Waals surface area contributed by atoms with Crippen LogP contribution in [-0.2, 0) is 9.31 Å². The quantitative estimate of drug-likeness (QED) is 0.661. The van der Waals surface area contributed by atoms with Crippen molar-refractivity contribution >= 4 is 31.8 Å². The second kappa shape index (κ2) is 5.55. The molecule has 0 saturated carbocycles. The van der Waals surface area contributed by atoms with Crippen LogP contribution in [0.1, 0.15) is 44.0 Å². The van der Waals surface area contributed by atoms with Crippen molar-refractivity contribution in [2.24, 2.45) is 0 Å². The van der Waals surface area contributed by atoms with Gasteiger partial charge in [0, 0.05) is 5.75 Å². The summed E-state index contributed by atoms with van der Waals surface area (Å²) in [7, 11) is -0.522. The van der Waals surface area contributed by atoms with Crippen LogP contribution < -0.4 is 0 Å². The SMILES string of the molecule is CC1(C)OB(C(=Cc2ccc(C(=O)O)o2)CS)OC1(C)C. The predicted molar refractivity (Wildman–Crippen MR) is 83.6 cm³/mol. The van der Waals surface area contributed by atoms with Gasteiger partial charge in [0.15, 0.2) is 0 Å². The summed E-state index contributed by atoms with van der Waals surface area (Å²) in [5.41, 5.74) is -0.0900. The molecule has 2 heterocycles. The van der Waals surface area contributed by atoms with E-state index in [1.54, 1.807) is 12.1 Å². The van der Waals surface area contributed by atoms with Crippen molar-refractivity contribution in [1.82, 2.24) is 0 Å². The fourth-order valence-corrected chi connectivity index (χ4v) is 2.15. The van der Waals surface area contributed by atoms with E-state index in [9.17, 15) is 4.79 Å². The van der Waals surface area contributed by atoms with Crippen LogP contribution in [0.4, 0.5) is 0 Å². The lowest BCUT2D eigenvalue weighted by molar-refractivity contribution is 0.00578. The van der Waals surface area contributed by atoms with E-state index < -0.39 is 24.3 Å². The Balaban J connectivity index is 2.24. The molecule has 1 aliphatic heterocycles. The molecule has 0 bridgehead atoms. The first-order chi connectivity index (χ1) is 9.66. The first-order valence-corrected chi connectivity index (χ1v) is 7.29. The predicted octanol–water partition coefficient (Wildman–Crippen LogP) is 2.92. The second-order valence-corrected chi connectivity index (χ2v) is 6.29. The number of hydrogen-bond donors (Lipinski definition) is 2. The molecular formula is C14H19BO5S. The molecule has 1 fully saturated rings. The van der Waals surface area contributed by atoms with Gasteiger partial charge in [-0.25, -0.2) is 4.79 Å². The fraction of sp³-hybridized carbons (Fsp3) is 0.500. The van der Waals surface area contributed by atoms with E-state index in [0.717, 1.165) is 5.47 Å². The van der Waals surface area contributed by atoms with E-state index in [-0.39, 0.29) is 5.76 Å². The van der Waals surface area contributed by atoms with Crippen LogP contribution in [0.3, 0.4) is 0 Å². The molecule has 21 heavy (non-hydrogen) atoms. The Kier molecular flexibility index (Phi) is 4.28. The maximum absolute atomic E-state index is 10.8. The normalized spacial score (nSPS) is 20.8. The van der Waals surface area contributed by atoms with E-state index in [2.05, 4.69) is 12.6 Å². The Hall–Kier alpha value is -1.18. The monoisotopic (exact) mass is 310 g/mol. The topological polar surface area (TPSA) is 68.9 Å². The zero-order valence-electron chi connectivity index (χ0n) is 12.5. The van der Waals surface area contributed by atoms with Crippen LogP contribution in [0.15, 0.2) is 22.0 Å². The summed E-state index contributed by atoms with van der Waals surface area (Å²) in [5, 5.41) is 8.86. The molecule has 1 N–H and O–H groups in total. The average Bonchev–Trinajstić information content (AvgIpc) is 2.90. The molecule has 0 amide bonds. The van der Waals surface area contributed by atoms with E-state index in [1.165, 1.54) is 6.07 Å². The molecule has 1 saturated heterocycles. The molecule has 114 valence electrons. The maximum atomic E-state index is 10.8. The first kappa shape index (κ1) is 16.2. The Morgan fingerprint density at radius 1 is 1.29 bits per heavy atom. The van der Waals surface area contributed by atoms with Gasteiger partial charge in [0.25, 0.3) is 0 Å². The van der Waals surface area contributed by atoms with Crippen LogP contribution in [-0.4, -0.2) is 35.1 Å². The van der Waals surface area contributed by atoms with Gasteiger partial charge in [-0.2, -0.15) is 12.6 Å². The lowest BCUT2D eigenvalue weighted by atomic mass is 9.79. The van der Waals surface area contributed by atoms with Crippen molar-refractivity contribution in [3.8, 4) is 0 Å². The highest BCUT2D eigenvalue weighted by Crippen LogP contribution is 2.39. The van der Waals surface area contributed by atoms with E-state index in [1.807, 2.05) is 27.7 Å². The molecule has 7 heteroatoms. The Bertz CT molecular complexity index is 560. The first-order valence-electron chi connectivity index (χ1n) is 6.66. The second-order valence-electron chi connectivity index (χ2n) is 5.97. The summed E-state index contributed by atoms with van der Waals surface area (Å²) in [6, 6.07) is 3.01. The number of aromatic carboxylic acids is 1. The number of rotatable bonds is 4. The number of carboxylic acid groups (broad SMARTS) is 1. The third kappa shape index (κ3) is 3.20. The molecular weight excluding hydrogens is 291 g/mol. The van der Waals surface area contributed by atoms with Crippen molar-refractivity contribution in [3.05, 3.63) is 29.1 Å². The van der Waals surface area contributed by atoms with Crippen LogP contribution in [0.2, 0.25) is 0 Å². The minimum atomic E-state index is -1.10. The third-order valence-electron chi connectivity index (χ3n) is 3.90. The highest BCUT2D eigenvalue weighted by molar-refractivity contribution is 7.80. The number of thiol groups is 1. The number of hydrogen-bond acceptors (Lipinski definition) is 5. The highest BCUT2D eigenvalue weighted by atomic mass is 32.1. The van der Waals surface area contributed by atoms with E-state index >= 15 is 0 Å². The van der Waals surface area contributed by atoms with Gasteiger partial charge >= 0.3 is 13.1 Å². The van der Waals surface area contributed by atoms with Crippen LogP contribution in [0, 0.1) is 0 Å². The summed E-state index contributed by atoms with van der Waals surface area (Å²) in [5.74, 6) is -0.350. The lowest BCUT2D eigenvalue weighted by Crippen LogP contribution is -2.41. The summed E-state index contributed by atoms with van der Waals surface area (Å²) in [4.78, 5) is 10.8. The van der Waals surface area contributed by atoms with Gasteiger partial charge in [-0.3, -0.25) is 0 Å². The molecule has 0 aliphatic carbocycles. The summed E-state index contributed by atoms with van der Waals surface area (Å²) < 4.78 is 17.1. The molecule has 1 aromatic heterocycles. The van der Waals surface area contributed by atoms with Crippen LogP contribution in [0.5, 0.6) is 0 Å². The maximum Gasteiger partial charge on any atom is 0.491 e. The molecule has 2 rings (SSSR count). The third-order valence-corrected chi connectivity index (χ3v) is 4.27. The zero-order chi connectivity index (χ0) is 15.8. The van der Waals surface area contributed by atoms with E-state index in [0.29, 0.717) is 11.5 Å². The number of carbonyl (C=O) groups is 1. The summed E-state index contributed by atoms with van der Waals surface area (Å²) in [6.07, 6.45) is 1.71. The van der Waals surface area contributed by atoms with Crippen molar-refractivity contribution in [1.29, 1.82) is 0 Å². The molecule has 0 radical (unpaired) electrons. The van der Waals surface area contributed by atoms with Gasteiger partial charge in [-0.05, 0) is 51.4 Å². The van der Waals surface area contributed by atoms with Gasteiger partial charge in [0.05, 0.1) is 11.2 Å². The van der Waals surface area contributed by atoms with Gasteiger partial charge in [0.2, 0.25) is 5.76 Å². The van der Waals surface area contributed by atoms with Crippen LogP contribution >= 0.6 is 12.6 Å². The van der Waals surface area contributed by atoms with Crippen molar-refractivity contribution in [2.45, 2.75) is 38.9 Å². The summed E-state index contributed by atoms with van der Waals surface area (Å²) in [6.45, 7) is 7.88. The Morgan fingerprint density at radius 3 is 2.29 bits per heavy atom. The number of carboxylic acids is 1. The Labute approximate surface area is 129 Å². The van der Waals surface area contributed by atoms with Gasteiger partial charge in [-0.15, -0.1) is 0 Å². The van der Waals surface area contributed by atoms with Crippen molar-refractivity contribution < 1.29 is 23.6 Å². The standard InChI is InChI=1S/C14H19BO5S/c1-13(2)14(3,4)20-15(19-13)9(8-21)7-10-5-6-11(18-10)12(16)17/h5-7,21H,8H2,1-4H3,(H,16,17). The molecule has 1 aliphatic rings. The van der Waals surface area contributed by atoms with Gasteiger partial charge in [-0.1, -0.05) is 0 Å². The largest absolute Gasteiger partial charge is 0.491 e. The smallest absolute Gasteiger partial charge is 0.475 e. The highest BCUT2D eigenvalue weighted by Gasteiger charge is 2.52. The fourth-order valence-electron chi connectivity index (χ4n) is 1.91. The molecule has 0 unspecified atom stereocenters. The lowest BCUT2D eigenvalue weighted by Gasteiger charge is -2.32. The molecule has 5 nitrogen and oxygen atoms in total. The van der Waals surface area contributed by atoms with E-state index in [4.69, 9.17) is 18.8 Å². The summed E-state index contributed by atoms with van der Waals surface area (Å²) >= 11 is 4.30. The zero-order valence-corrected chi connectivity index (χ0v) is 13.4. The van der Waals surface area contributed by atoms with Crippen molar-refractivity contribution in [3.63, 3.8) is 0 Å². The minimum Gasteiger partial charge on any atom is -0.475 e. The minimum absolute atomic E-state index is 0.103.